The molecule has 0 aliphatic rings. The average molecular weight is 374 g/mol. The largest absolute Gasteiger partial charge is 0.481 e. The van der Waals surface area contributed by atoms with Crippen LogP contribution < -0.4 is 22.1 Å². The van der Waals surface area contributed by atoms with E-state index in [4.69, 9.17) is 16.6 Å². The fraction of sp³-hybridized carbons (Fsp3) is 0.750. The van der Waals surface area contributed by atoms with E-state index in [0.717, 1.165) is 0 Å². The van der Waals surface area contributed by atoms with Crippen LogP contribution in [-0.4, -0.2) is 58.6 Å². The van der Waals surface area contributed by atoms with Crippen molar-refractivity contribution >= 4 is 23.8 Å². The van der Waals surface area contributed by atoms with Gasteiger partial charge in [-0.3, -0.25) is 14.4 Å². The number of carbonyl (C=O) groups is 4. The van der Waals surface area contributed by atoms with E-state index in [1.54, 1.807) is 0 Å². The van der Waals surface area contributed by atoms with Gasteiger partial charge in [0, 0.05) is 0 Å². The number of unbranched alkanes of at least 4 members (excludes halogenated alkanes) is 1. The highest BCUT2D eigenvalue weighted by Gasteiger charge is 2.28. The molecule has 0 aromatic rings. The molecular weight excluding hydrogens is 344 g/mol. The molecule has 10 heteroatoms. The van der Waals surface area contributed by atoms with Crippen molar-refractivity contribution < 1.29 is 29.4 Å². The van der Waals surface area contributed by atoms with Gasteiger partial charge in [0.25, 0.3) is 0 Å². The standard InChI is InChI=1S/C16H30N4O6/c1-9(2)7-12(16(25)26)20-15(24)11(5-3-4-6-17)19-14(23)10(18)8-13(21)22/h9-12H,3-8,17-18H2,1-2H3,(H,19,23)(H,20,24)(H,21,22)(H,25,26)/t10-,11-,12-/m0/s1. The summed E-state index contributed by atoms with van der Waals surface area (Å²) in [5, 5.41) is 22.8. The first-order chi connectivity index (χ1) is 12.1. The first-order valence-corrected chi connectivity index (χ1v) is 8.59. The van der Waals surface area contributed by atoms with E-state index in [1.807, 2.05) is 13.8 Å². The molecule has 150 valence electrons. The summed E-state index contributed by atoms with van der Waals surface area (Å²) in [6.07, 6.45) is 1.06. The lowest BCUT2D eigenvalue weighted by atomic mass is 10.0. The maximum absolute atomic E-state index is 12.4. The quantitative estimate of drug-likeness (QED) is 0.222. The lowest BCUT2D eigenvalue weighted by Gasteiger charge is -2.23. The molecule has 0 bridgehead atoms. The van der Waals surface area contributed by atoms with Gasteiger partial charge in [0.1, 0.15) is 12.1 Å². The average Bonchev–Trinajstić information content (AvgIpc) is 2.51. The Hall–Kier alpha value is -2.20. The van der Waals surface area contributed by atoms with Crippen molar-refractivity contribution in [3.63, 3.8) is 0 Å². The van der Waals surface area contributed by atoms with Crippen molar-refractivity contribution in [1.29, 1.82) is 0 Å². The topological polar surface area (TPSA) is 185 Å². The van der Waals surface area contributed by atoms with Gasteiger partial charge in [0.05, 0.1) is 12.5 Å². The van der Waals surface area contributed by atoms with Crippen LogP contribution in [-0.2, 0) is 19.2 Å². The van der Waals surface area contributed by atoms with Gasteiger partial charge in [0.2, 0.25) is 11.8 Å². The summed E-state index contributed by atoms with van der Waals surface area (Å²) >= 11 is 0. The van der Waals surface area contributed by atoms with Gasteiger partial charge < -0.3 is 32.3 Å². The summed E-state index contributed by atoms with van der Waals surface area (Å²) < 4.78 is 0. The molecule has 0 unspecified atom stereocenters. The molecule has 10 nitrogen and oxygen atoms in total. The first-order valence-electron chi connectivity index (χ1n) is 8.59. The Labute approximate surface area is 152 Å². The predicted octanol–water partition coefficient (Wildman–Crippen LogP) is -0.982. The van der Waals surface area contributed by atoms with Crippen LogP contribution in [0.1, 0.15) is 46.0 Å². The Morgan fingerprint density at radius 1 is 0.962 bits per heavy atom. The summed E-state index contributed by atoms with van der Waals surface area (Å²) in [5.41, 5.74) is 10.9. The number of carboxylic acids is 2. The third-order valence-electron chi connectivity index (χ3n) is 3.63. The third-order valence-corrected chi connectivity index (χ3v) is 3.63. The number of carbonyl (C=O) groups excluding carboxylic acids is 2. The summed E-state index contributed by atoms with van der Waals surface area (Å²) in [4.78, 5) is 46.4. The van der Waals surface area contributed by atoms with Crippen LogP contribution in [0, 0.1) is 5.92 Å². The van der Waals surface area contributed by atoms with Crippen molar-refractivity contribution in [2.45, 2.75) is 64.1 Å². The molecule has 0 saturated carbocycles. The van der Waals surface area contributed by atoms with Crippen LogP contribution in [0.4, 0.5) is 0 Å². The molecule has 2 amide bonds. The summed E-state index contributed by atoms with van der Waals surface area (Å²) in [7, 11) is 0. The highest BCUT2D eigenvalue weighted by Crippen LogP contribution is 2.07. The molecule has 0 aromatic carbocycles. The van der Waals surface area contributed by atoms with Crippen molar-refractivity contribution in [2.75, 3.05) is 6.54 Å². The van der Waals surface area contributed by atoms with E-state index < -0.39 is 48.3 Å². The maximum Gasteiger partial charge on any atom is 0.326 e. The van der Waals surface area contributed by atoms with Crippen LogP contribution in [0.3, 0.4) is 0 Å². The SMILES string of the molecule is CC(C)C[C@H](NC(=O)[C@H](CCCCN)NC(=O)[C@@H](N)CC(=O)O)C(=O)O. The summed E-state index contributed by atoms with van der Waals surface area (Å²) in [5.74, 6) is -3.78. The zero-order valence-electron chi connectivity index (χ0n) is 15.2. The number of nitrogens with two attached hydrogens (primary N) is 2. The van der Waals surface area contributed by atoms with Crippen molar-refractivity contribution in [2.24, 2.45) is 17.4 Å². The van der Waals surface area contributed by atoms with Gasteiger partial charge >= 0.3 is 11.9 Å². The van der Waals surface area contributed by atoms with Crippen LogP contribution in [0.2, 0.25) is 0 Å². The zero-order chi connectivity index (χ0) is 20.3. The second kappa shape index (κ2) is 12.2. The van der Waals surface area contributed by atoms with E-state index in [-0.39, 0.29) is 18.8 Å². The van der Waals surface area contributed by atoms with Gasteiger partial charge in [-0.05, 0) is 38.1 Å². The molecule has 0 aliphatic heterocycles. The van der Waals surface area contributed by atoms with E-state index in [0.29, 0.717) is 19.4 Å². The minimum absolute atomic E-state index is 0.0469. The van der Waals surface area contributed by atoms with Gasteiger partial charge in [-0.2, -0.15) is 0 Å². The van der Waals surface area contributed by atoms with Crippen LogP contribution >= 0.6 is 0 Å². The van der Waals surface area contributed by atoms with E-state index in [1.165, 1.54) is 0 Å². The molecule has 8 N–H and O–H groups in total. The molecule has 26 heavy (non-hydrogen) atoms. The van der Waals surface area contributed by atoms with Crippen LogP contribution in [0.25, 0.3) is 0 Å². The second-order valence-electron chi connectivity index (χ2n) is 6.58. The fourth-order valence-electron chi connectivity index (χ4n) is 2.29. The van der Waals surface area contributed by atoms with Gasteiger partial charge in [-0.15, -0.1) is 0 Å². The molecule has 0 spiro atoms. The van der Waals surface area contributed by atoms with E-state index >= 15 is 0 Å². The maximum atomic E-state index is 12.4. The van der Waals surface area contributed by atoms with Gasteiger partial charge in [-0.1, -0.05) is 13.8 Å². The molecule has 0 aliphatic carbocycles. The van der Waals surface area contributed by atoms with Gasteiger partial charge in [0.15, 0.2) is 0 Å². The second-order valence-corrected chi connectivity index (χ2v) is 6.58. The molecule has 0 rings (SSSR count). The zero-order valence-corrected chi connectivity index (χ0v) is 15.2. The Balaban J connectivity index is 5.02. The number of hydrogen-bond donors (Lipinski definition) is 6. The summed E-state index contributed by atoms with van der Waals surface area (Å²) in [6.45, 7) is 4.06. The highest BCUT2D eigenvalue weighted by molar-refractivity contribution is 5.92. The molecular formula is C16H30N4O6. The monoisotopic (exact) mass is 374 g/mol. The summed E-state index contributed by atoms with van der Waals surface area (Å²) in [6, 6.07) is -3.39. The number of carboxylic acid groups (broad SMARTS) is 2. The van der Waals surface area contributed by atoms with Crippen LogP contribution in [0.15, 0.2) is 0 Å². The Morgan fingerprint density at radius 3 is 2.00 bits per heavy atom. The number of amides is 2. The minimum atomic E-state index is -1.30. The molecule has 0 saturated heterocycles. The fourth-order valence-corrected chi connectivity index (χ4v) is 2.29. The minimum Gasteiger partial charge on any atom is -0.481 e. The smallest absolute Gasteiger partial charge is 0.326 e. The lowest BCUT2D eigenvalue weighted by molar-refractivity contribution is -0.143. The molecule has 0 fully saturated rings. The number of aliphatic carboxylic acids is 2. The van der Waals surface area contributed by atoms with Crippen molar-refractivity contribution in [1.82, 2.24) is 10.6 Å². The number of nitrogens with one attached hydrogen (secondary N) is 2. The van der Waals surface area contributed by atoms with Crippen molar-refractivity contribution in [3.05, 3.63) is 0 Å². The number of rotatable bonds is 13. The lowest BCUT2D eigenvalue weighted by Crippen LogP contribution is -2.54. The predicted molar refractivity (Wildman–Crippen MR) is 94.1 cm³/mol. The normalized spacial score (nSPS) is 14.3. The molecule has 0 radical (unpaired) electrons. The Bertz CT molecular complexity index is 497. The van der Waals surface area contributed by atoms with E-state index in [2.05, 4.69) is 10.6 Å². The third kappa shape index (κ3) is 9.94. The molecule has 0 aromatic heterocycles. The number of hydrogen-bond acceptors (Lipinski definition) is 6. The van der Waals surface area contributed by atoms with Crippen molar-refractivity contribution in [3.8, 4) is 0 Å². The van der Waals surface area contributed by atoms with E-state index in [9.17, 15) is 24.3 Å². The van der Waals surface area contributed by atoms with Crippen LogP contribution in [0.5, 0.6) is 0 Å². The molecule has 3 atom stereocenters. The first kappa shape index (κ1) is 23.8. The molecule has 0 heterocycles. The Kier molecular flexibility index (Phi) is 11.2. The highest BCUT2D eigenvalue weighted by atomic mass is 16.4. The van der Waals surface area contributed by atoms with Gasteiger partial charge in [-0.25, -0.2) is 4.79 Å². The Morgan fingerprint density at radius 2 is 1.54 bits per heavy atom.